The average Bonchev–Trinajstić information content (AvgIpc) is 3.01. The maximum absolute atomic E-state index is 12.3. The fraction of sp³-hybridized carbons (Fsp3) is 0.700. The first-order chi connectivity index (χ1) is 12.8. The maximum Gasteiger partial charge on any atom is 0.410 e. The number of aryl methyl sites for hydroxylation is 1. The number of nitrogens with zero attached hydrogens (tertiary/aromatic N) is 2. The first-order valence-electron chi connectivity index (χ1n) is 9.74. The number of nitrogens with one attached hydrogen (secondary N) is 2. The number of rotatable bonds is 5. The van der Waals surface area contributed by atoms with Crippen molar-refractivity contribution in [1.29, 1.82) is 0 Å². The van der Waals surface area contributed by atoms with Gasteiger partial charge in [0, 0.05) is 31.6 Å². The summed E-state index contributed by atoms with van der Waals surface area (Å²) in [6, 6.07) is 2.14. The zero-order valence-electron chi connectivity index (χ0n) is 17.7. The number of carbonyl (C=O) groups is 1. The van der Waals surface area contributed by atoms with Gasteiger partial charge in [0.05, 0.1) is 6.54 Å². The smallest absolute Gasteiger partial charge is 0.410 e. The van der Waals surface area contributed by atoms with Crippen LogP contribution in [0.15, 0.2) is 16.4 Å². The molecule has 1 fully saturated rings. The van der Waals surface area contributed by atoms with E-state index < -0.39 is 5.60 Å². The predicted molar refractivity (Wildman–Crippen MR) is 128 cm³/mol. The molecule has 1 amide bonds. The van der Waals surface area contributed by atoms with Crippen LogP contribution in [0.1, 0.15) is 50.5 Å². The molecule has 1 aromatic rings. The van der Waals surface area contributed by atoms with Crippen LogP contribution in [0.5, 0.6) is 0 Å². The minimum atomic E-state index is -0.440. The van der Waals surface area contributed by atoms with Gasteiger partial charge < -0.3 is 20.3 Å². The Morgan fingerprint density at radius 1 is 1.39 bits per heavy atom. The average molecular weight is 522 g/mol. The van der Waals surface area contributed by atoms with E-state index >= 15 is 0 Å². The van der Waals surface area contributed by atoms with E-state index in [1.165, 1.54) is 10.4 Å². The molecule has 160 valence electrons. The van der Waals surface area contributed by atoms with Gasteiger partial charge in [-0.3, -0.25) is 4.99 Å². The van der Waals surface area contributed by atoms with Crippen LogP contribution in [-0.2, 0) is 11.3 Å². The summed E-state index contributed by atoms with van der Waals surface area (Å²) in [4.78, 5) is 19.8. The Morgan fingerprint density at radius 3 is 2.75 bits per heavy atom. The standard InChI is InChI=1S/C20H34N4O2S.HI/c1-15-9-12-27-17(15)13-23-18(21-5)22-10-8-16-7-6-11-24(14-16)19(25)26-20(2,3)4;/h9,12,16H,6-8,10-11,13-14H2,1-5H3,(H2,21,22,23);1H. The van der Waals surface area contributed by atoms with E-state index in [1.54, 1.807) is 18.4 Å². The van der Waals surface area contributed by atoms with Crippen molar-refractivity contribution in [2.45, 2.75) is 59.1 Å². The van der Waals surface area contributed by atoms with E-state index in [2.05, 4.69) is 34.0 Å². The third-order valence-corrected chi connectivity index (χ3v) is 5.65. The van der Waals surface area contributed by atoms with E-state index in [1.807, 2.05) is 25.7 Å². The van der Waals surface area contributed by atoms with Crippen molar-refractivity contribution in [3.8, 4) is 0 Å². The molecule has 1 aromatic heterocycles. The molecule has 0 aliphatic carbocycles. The highest BCUT2D eigenvalue weighted by atomic mass is 127. The summed E-state index contributed by atoms with van der Waals surface area (Å²) in [5, 5.41) is 8.87. The molecule has 2 N–H and O–H groups in total. The molecular weight excluding hydrogens is 487 g/mol. The third-order valence-electron chi connectivity index (χ3n) is 4.62. The third kappa shape index (κ3) is 8.55. The molecule has 1 atom stereocenters. The Hall–Kier alpha value is -1.03. The molecule has 0 aromatic carbocycles. The highest BCUT2D eigenvalue weighted by Gasteiger charge is 2.27. The molecule has 1 unspecified atom stereocenters. The molecule has 6 nitrogen and oxygen atoms in total. The van der Waals surface area contributed by atoms with Crippen LogP contribution in [0.25, 0.3) is 0 Å². The lowest BCUT2D eigenvalue weighted by atomic mass is 9.95. The molecule has 0 bridgehead atoms. The first-order valence-corrected chi connectivity index (χ1v) is 10.6. The van der Waals surface area contributed by atoms with Crippen molar-refractivity contribution in [2.24, 2.45) is 10.9 Å². The number of thiophene rings is 1. The number of amides is 1. The minimum absolute atomic E-state index is 0. The van der Waals surface area contributed by atoms with Crippen molar-refractivity contribution < 1.29 is 9.53 Å². The van der Waals surface area contributed by atoms with E-state index in [0.717, 1.165) is 51.4 Å². The second-order valence-electron chi connectivity index (χ2n) is 8.10. The lowest BCUT2D eigenvalue weighted by molar-refractivity contribution is 0.0162. The van der Waals surface area contributed by atoms with Crippen LogP contribution < -0.4 is 10.6 Å². The number of hydrogen-bond acceptors (Lipinski definition) is 4. The molecule has 28 heavy (non-hydrogen) atoms. The van der Waals surface area contributed by atoms with Crippen LogP contribution >= 0.6 is 35.3 Å². The van der Waals surface area contributed by atoms with Gasteiger partial charge in [-0.05, 0) is 69.9 Å². The molecule has 1 aliphatic heterocycles. The summed E-state index contributed by atoms with van der Waals surface area (Å²) >= 11 is 1.76. The lowest BCUT2D eigenvalue weighted by Gasteiger charge is -2.34. The quantitative estimate of drug-likeness (QED) is 0.343. The molecule has 2 heterocycles. The fourth-order valence-corrected chi connectivity index (χ4v) is 4.00. The molecule has 1 aliphatic rings. The lowest BCUT2D eigenvalue weighted by Crippen LogP contribution is -2.44. The van der Waals surface area contributed by atoms with Gasteiger partial charge in [0.1, 0.15) is 5.60 Å². The van der Waals surface area contributed by atoms with Gasteiger partial charge in [-0.15, -0.1) is 35.3 Å². The molecule has 8 heteroatoms. The number of aliphatic imine (C=N–C) groups is 1. The molecular formula is C20H35IN4O2S. The summed E-state index contributed by atoms with van der Waals surface area (Å²) in [6.45, 7) is 11.1. The van der Waals surface area contributed by atoms with Gasteiger partial charge in [0.2, 0.25) is 0 Å². The van der Waals surface area contributed by atoms with E-state index in [-0.39, 0.29) is 30.1 Å². The van der Waals surface area contributed by atoms with E-state index in [9.17, 15) is 4.79 Å². The Balaban J connectivity index is 0.00000392. The zero-order valence-corrected chi connectivity index (χ0v) is 20.9. The highest BCUT2D eigenvalue weighted by Crippen LogP contribution is 2.21. The van der Waals surface area contributed by atoms with Crippen molar-refractivity contribution in [3.05, 3.63) is 21.9 Å². The highest BCUT2D eigenvalue weighted by molar-refractivity contribution is 14.0. The van der Waals surface area contributed by atoms with Crippen molar-refractivity contribution >= 4 is 47.4 Å². The number of piperidine rings is 1. The van der Waals surface area contributed by atoms with Gasteiger partial charge in [-0.25, -0.2) is 4.79 Å². The Morgan fingerprint density at radius 2 is 2.14 bits per heavy atom. The summed E-state index contributed by atoms with van der Waals surface area (Å²) in [6.07, 6.45) is 3.01. The van der Waals surface area contributed by atoms with Crippen LogP contribution in [0, 0.1) is 12.8 Å². The minimum Gasteiger partial charge on any atom is -0.444 e. The monoisotopic (exact) mass is 522 g/mol. The van der Waals surface area contributed by atoms with Crippen molar-refractivity contribution in [1.82, 2.24) is 15.5 Å². The largest absolute Gasteiger partial charge is 0.444 e. The van der Waals surface area contributed by atoms with Gasteiger partial charge >= 0.3 is 6.09 Å². The van der Waals surface area contributed by atoms with Gasteiger partial charge in [-0.1, -0.05) is 0 Å². The van der Waals surface area contributed by atoms with Crippen molar-refractivity contribution in [3.63, 3.8) is 0 Å². The normalized spacial score (nSPS) is 17.7. The predicted octanol–water partition coefficient (Wildman–Crippen LogP) is 4.38. The molecule has 1 saturated heterocycles. The second-order valence-corrected chi connectivity index (χ2v) is 9.10. The molecule has 0 saturated carbocycles. The first kappa shape index (κ1) is 25.0. The number of guanidine groups is 1. The van der Waals surface area contributed by atoms with E-state index in [0.29, 0.717) is 5.92 Å². The number of likely N-dealkylation sites (tertiary alicyclic amines) is 1. The second kappa shape index (κ2) is 11.8. The van der Waals surface area contributed by atoms with Crippen molar-refractivity contribution in [2.75, 3.05) is 26.7 Å². The summed E-state index contributed by atoms with van der Waals surface area (Å²) in [7, 11) is 1.79. The summed E-state index contributed by atoms with van der Waals surface area (Å²) in [5.41, 5.74) is 0.873. The van der Waals surface area contributed by atoms with Gasteiger partial charge in [0.15, 0.2) is 5.96 Å². The number of ether oxygens (including phenoxy) is 1. The SMILES string of the molecule is CN=C(NCCC1CCCN(C(=O)OC(C)(C)C)C1)NCc1sccc1C.I. The molecule has 2 rings (SSSR count). The zero-order chi connectivity index (χ0) is 19.9. The number of carbonyl (C=O) groups excluding carboxylic acids is 1. The Bertz CT molecular complexity index is 642. The van der Waals surface area contributed by atoms with Crippen LogP contribution in [0.2, 0.25) is 0 Å². The summed E-state index contributed by atoms with van der Waals surface area (Å²) in [5.74, 6) is 1.32. The maximum atomic E-state index is 12.3. The summed E-state index contributed by atoms with van der Waals surface area (Å²) < 4.78 is 5.51. The van der Waals surface area contributed by atoms with E-state index in [4.69, 9.17) is 4.74 Å². The number of halogens is 1. The van der Waals surface area contributed by atoms with Crippen LogP contribution in [0.3, 0.4) is 0 Å². The Labute approximate surface area is 190 Å². The molecule has 0 spiro atoms. The number of hydrogen-bond donors (Lipinski definition) is 2. The topological polar surface area (TPSA) is 66.0 Å². The van der Waals surface area contributed by atoms with Gasteiger partial charge in [-0.2, -0.15) is 0 Å². The van der Waals surface area contributed by atoms with Crippen LogP contribution in [0.4, 0.5) is 4.79 Å². The van der Waals surface area contributed by atoms with Crippen LogP contribution in [-0.4, -0.2) is 49.2 Å². The van der Waals surface area contributed by atoms with Gasteiger partial charge in [0.25, 0.3) is 0 Å². The Kier molecular flexibility index (Phi) is 10.6. The fourth-order valence-electron chi connectivity index (χ4n) is 3.16. The molecule has 0 radical (unpaired) electrons.